The quantitative estimate of drug-likeness (QED) is 0.670. The fourth-order valence-electron chi connectivity index (χ4n) is 0.991. The van der Waals surface area contributed by atoms with Crippen molar-refractivity contribution in [1.82, 2.24) is 15.3 Å². The summed E-state index contributed by atoms with van der Waals surface area (Å²) in [5, 5.41) is 3.17. The molecule has 0 aromatic carbocycles. The SMILES string of the molecule is CCNCc1cnc(OCCOC)cn1. The van der Waals surface area contributed by atoms with Gasteiger partial charge < -0.3 is 14.8 Å². The molecule has 0 spiro atoms. The highest BCUT2D eigenvalue weighted by Gasteiger charge is 1.97. The number of hydrogen-bond acceptors (Lipinski definition) is 5. The van der Waals surface area contributed by atoms with Gasteiger partial charge in [0.2, 0.25) is 5.88 Å². The van der Waals surface area contributed by atoms with Gasteiger partial charge in [-0.05, 0) is 6.54 Å². The topological polar surface area (TPSA) is 56.3 Å². The highest BCUT2D eigenvalue weighted by atomic mass is 16.5. The minimum atomic E-state index is 0.498. The molecule has 1 aromatic heterocycles. The first-order valence-corrected chi connectivity index (χ1v) is 5.00. The maximum absolute atomic E-state index is 5.29. The molecule has 5 nitrogen and oxygen atoms in total. The van der Waals surface area contributed by atoms with Crippen LogP contribution in [0, 0.1) is 0 Å². The number of aromatic nitrogens is 2. The molecule has 1 rings (SSSR count). The largest absolute Gasteiger partial charge is 0.474 e. The second-order valence-corrected chi connectivity index (χ2v) is 2.97. The third-order valence-electron chi connectivity index (χ3n) is 1.78. The maximum atomic E-state index is 5.29. The van der Waals surface area contributed by atoms with Crippen molar-refractivity contribution in [2.75, 3.05) is 26.9 Å². The zero-order chi connectivity index (χ0) is 10.9. The molecule has 0 aliphatic heterocycles. The summed E-state index contributed by atoms with van der Waals surface area (Å²) < 4.78 is 10.1. The Hall–Kier alpha value is -1.20. The highest BCUT2D eigenvalue weighted by Crippen LogP contribution is 2.03. The zero-order valence-electron chi connectivity index (χ0n) is 9.19. The highest BCUT2D eigenvalue weighted by molar-refractivity contribution is 5.06. The van der Waals surface area contributed by atoms with Gasteiger partial charge >= 0.3 is 0 Å². The molecule has 0 fully saturated rings. The number of nitrogens with zero attached hydrogens (tertiary/aromatic N) is 2. The van der Waals surface area contributed by atoms with E-state index in [4.69, 9.17) is 9.47 Å². The Labute approximate surface area is 89.8 Å². The minimum Gasteiger partial charge on any atom is -0.474 e. The van der Waals surface area contributed by atoms with Crippen molar-refractivity contribution in [2.45, 2.75) is 13.5 Å². The van der Waals surface area contributed by atoms with Gasteiger partial charge in [-0.3, -0.25) is 4.98 Å². The minimum absolute atomic E-state index is 0.498. The summed E-state index contributed by atoms with van der Waals surface area (Å²) in [5.74, 6) is 0.535. The zero-order valence-corrected chi connectivity index (χ0v) is 9.19. The third kappa shape index (κ3) is 4.71. The van der Waals surface area contributed by atoms with Crippen LogP contribution in [0.3, 0.4) is 0 Å². The molecule has 1 aromatic rings. The smallest absolute Gasteiger partial charge is 0.232 e. The third-order valence-corrected chi connectivity index (χ3v) is 1.78. The van der Waals surface area contributed by atoms with E-state index >= 15 is 0 Å². The van der Waals surface area contributed by atoms with Crippen molar-refractivity contribution in [3.63, 3.8) is 0 Å². The summed E-state index contributed by atoms with van der Waals surface area (Å²) in [6, 6.07) is 0. The molecule has 0 bridgehead atoms. The number of methoxy groups -OCH3 is 1. The van der Waals surface area contributed by atoms with E-state index in [9.17, 15) is 0 Å². The first-order valence-electron chi connectivity index (χ1n) is 5.00. The normalized spacial score (nSPS) is 10.3. The predicted octanol–water partition coefficient (Wildman–Crippen LogP) is 0.611. The second-order valence-electron chi connectivity index (χ2n) is 2.97. The Kier molecular flexibility index (Phi) is 5.65. The average Bonchev–Trinajstić information content (AvgIpc) is 2.28. The molecule has 0 amide bonds. The van der Waals surface area contributed by atoms with Crippen LogP contribution in [-0.2, 0) is 11.3 Å². The van der Waals surface area contributed by atoms with E-state index in [1.807, 2.05) is 0 Å². The van der Waals surface area contributed by atoms with Crippen LogP contribution in [0.5, 0.6) is 5.88 Å². The number of ether oxygens (including phenoxy) is 2. The van der Waals surface area contributed by atoms with Crippen LogP contribution < -0.4 is 10.1 Å². The van der Waals surface area contributed by atoms with E-state index in [0.29, 0.717) is 19.1 Å². The summed E-state index contributed by atoms with van der Waals surface area (Å²) in [5.41, 5.74) is 0.913. The summed E-state index contributed by atoms with van der Waals surface area (Å²) in [7, 11) is 1.63. The molecular weight excluding hydrogens is 194 g/mol. The summed E-state index contributed by atoms with van der Waals surface area (Å²) in [4.78, 5) is 8.33. The Balaban J connectivity index is 2.35. The van der Waals surface area contributed by atoms with Gasteiger partial charge in [0, 0.05) is 13.7 Å². The van der Waals surface area contributed by atoms with Gasteiger partial charge in [0.05, 0.1) is 24.7 Å². The molecule has 0 aliphatic carbocycles. The molecule has 15 heavy (non-hydrogen) atoms. The Morgan fingerprint density at radius 2 is 2.13 bits per heavy atom. The summed E-state index contributed by atoms with van der Waals surface area (Å²) in [6.07, 6.45) is 3.34. The van der Waals surface area contributed by atoms with E-state index < -0.39 is 0 Å². The van der Waals surface area contributed by atoms with E-state index in [1.165, 1.54) is 0 Å². The molecule has 84 valence electrons. The van der Waals surface area contributed by atoms with Gasteiger partial charge in [0.25, 0.3) is 0 Å². The van der Waals surface area contributed by atoms with Gasteiger partial charge in [-0.15, -0.1) is 0 Å². The lowest BCUT2D eigenvalue weighted by Crippen LogP contribution is -2.13. The lowest BCUT2D eigenvalue weighted by atomic mass is 10.4. The van der Waals surface area contributed by atoms with Crippen molar-refractivity contribution in [1.29, 1.82) is 0 Å². The Morgan fingerprint density at radius 3 is 2.73 bits per heavy atom. The lowest BCUT2D eigenvalue weighted by Gasteiger charge is -2.04. The van der Waals surface area contributed by atoms with E-state index in [1.54, 1.807) is 19.5 Å². The van der Waals surface area contributed by atoms with Crippen LogP contribution in [-0.4, -0.2) is 36.8 Å². The molecule has 1 heterocycles. The molecule has 0 radical (unpaired) electrons. The standard InChI is InChI=1S/C10H17N3O2/c1-3-11-6-9-7-13-10(8-12-9)15-5-4-14-2/h7-8,11H,3-6H2,1-2H3. The second kappa shape index (κ2) is 7.14. The van der Waals surface area contributed by atoms with Gasteiger partial charge in [-0.2, -0.15) is 0 Å². The van der Waals surface area contributed by atoms with Gasteiger partial charge in [-0.25, -0.2) is 4.98 Å². The number of nitrogens with one attached hydrogen (secondary N) is 1. The van der Waals surface area contributed by atoms with E-state index in [2.05, 4.69) is 22.2 Å². The van der Waals surface area contributed by atoms with Gasteiger partial charge in [-0.1, -0.05) is 6.92 Å². The summed E-state index contributed by atoms with van der Waals surface area (Å²) in [6.45, 7) is 4.77. The van der Waals surface area contributed by atoms with Crippen LogP contribution in [0.15, 0.2) is 12.4 Å². The van der Waals surface area contributed by atoms with Crippen molar-refractivity contribution in [3.8, 4) is 5.88 Å². The Morgan fingerprint density at radius 1 is 1.27 bits per heavy atom. The van der Waals surface area contributed by atoms with Crippen molar-refractivity contribution in [2.24, 2.45) is 0 Å². The fourth-order valence-corrected chi connectivity index (χ4v) is 0.991. The fraction of sp³-hybridized carbons (Fsp3) is 0.600. The van der Waals surface area contributed by atoms with Crippen molar-refractivity contribution in [3.05, 3.63) is 18.1 Å². The molecule has 0 saturated heterocycles. The molecular formula is C10H17N3O2. The molecule has 0 aliphatic rings. The van der Waals surface area contributed by atoms with Crippen LogP contribution in [0.1, 0.15) is 12.6 Å². The van der Waals surface area contributed by atoms with Gasteiger partial charge in [0.15, 0.2) is 0 Å². The molecule has 0 unspecified atom stereocenters. The van der Waals surface area contributed by atoms with Crippen LogP contribution in [0.4, 0.5) is 0 Å². The lowest BCUT2D eigenvalue weighted by molar-refractivity contribution is 0.143. The van der Waals surface area contributed by atoms with Crippen LogP contribution >= 0.6 is 0 Å². The van der Waals surface area contributed by atoms with Crippen LogP contribution in [0.2, 0.25) is 0 Å². The molecule has 1 N–H and O–H groups in total. The maximum Gasteiger partial charge on any atom is 0.232 e. The first kappa shape index (κ1) is 11.9. The van der Waals surface area contributed by atoms with E-state index in [-0.39, 0.29) is 0 Å². The Bertz CT molecular complexity index is 264. The molecule has 5 heteroatoms. The van der Waals surface area contributed by atoms with Gasteiger partial charge in [0.1, 0.15) is 6.61 Å². The predicted molar refractivity (Wildman–Crippen MR) is 56.8 cm³/mol. The molecule has 0 saturated carbocycles. The molecule has 0 atom stereocenters. The number of rotatable bonds is 7. The summed E-state index contributed by atoms with van der Waals surface area (Å²) >= 11 is 0. The van der Waals surface area contributed by atoms with E-state index in [0.717, 1.165) is 18.8 Å². The van der Waals surface area contributed by atoms with Crippen LogP contribution in [0.25, 0.3) is 0 Å². The van der Waals surface area contributed by atoms with Crippen molar-refractivity contribution < 1.29 is 9.47 Å². The number of hydrogen-bond donors (Lipinski definition) is 1. The average molecular weight is 211 g/mol. The van der Waals surface area contributed by atoms with Crippen molar-refractivity contribution >= 4 is 0 Å². The monoisotopic (exact) mass is 211 g/mol. The first-order chi connectivity index (χ1) is 7.36.